The minimum Gasteiger partial charge on any atom is -0.467 e. The number of piperidine rings is 1. The van der Waals surface area contributed by atoms with Crippen LogP contribution in [-0.2, 0) is 20.9 Å². The van der Waals surface area contributed by atoms with Gasteiger partial charge in [-0.05, 0) is 49.8 Å². The lowest BCUT2D eigenvalue weighted by atomic mass is 9.90. The van der Waals surface area contributed by atoms with Crippen LogP contribution in [0.15, 0.2) is 30.3 Å². The van der Waals surface area contributed by atoms with E-state index in [4.69, 9.17) is 9.47 Å². The molecule has 0 spiro atoms. The summed E-state index contributed by atoms with van der Waals surface area (Å²) >= 11 is 0. The van der Waals surface area contributed by atoms with Gasteiger partial charge in [-0.1, -0.05) is 30.3 Å². The van der Waals surface area contributed by atoms with Gasteiger partial charge >= 0.3 is 12.1 Å². The van der Waals surface area contributed by atoms with Crippen LogP contribution >= 0.6 is 0 Å². The fourth-order valence-corrected chi connectivity index (χ4v) is 3.66. The molecule has 2 N–H and O–H groups in total. The molecule has 130 valence electrons. The summed E-state index contributed by atoms with van der Waals surface area (Å²) in [7, 11) is 1.36. The van der Waals surface area contributed by atoms with E-state index in [1.807, 2.05) is 30.3 Å². The number of methoxy groups -OCH3 is 1. The van der Waals surface area contributed by atoms with Crippen molar-refractivity contribution >= 4 is 12.1 Å². The summed E-state index contributed by atoms with van der Waals surface area (Å²) in [6.07, 6.45) is 2.10. The molecule has 1 aromatic carbocycles. The first kappa shape index (κ1) is 16.8. The fourth-order valence-electron chi connectivity index (χ4n) is 3.66. The van der Waals surface area contributed by atoms with Crippen molar-refractivity contribution in [1.29, 1.82) is 0 Å². The van der Waals surface area contributed by atoms with Crippen LogP contribution in [0, 0.1) is 11.8 Å². The second kappa shape index (κ2) is 7.21. The molecule has 0 bridgehead atoms. The van der Waals surface area contributed by atoms with Gasteiger partial charge < -0.3 is 20.1 Å². The lowest BCUT2D eigenvalue weighted by Crippen LogP contribution is -2.47. The number of carbonyl (C=O) groups excluding carboxylic acids is 2. The molecule has 0 aromatic heterocycles. The highest BCUT2D eigenvalue weighted by Crippen LogP contribution is 2.51. The van der Waals surface area contributed by atoms with E-state index in [0.29, 0.717) is 12.3 Å². The molecular weight excluding hydrogens is 308 g/mol. The number of esters is 1. The van der Waals surface area contributed by atoms with Gasteiger partial charge in [0.15, 0.2) is 0 Å². The van der Waals surface area contributed by atoms with Gasteiger partial charge in [-0.2, -0.15) is 0 Å². The molecule has 0 radical (unpaired) electrons. The third-order valence-electron chi connectivity index (χ3n) is 5.06. The second-order valence-electron chi connectivity index (χ2n) is 6.55. The monoisotopic (exact) mass is 332 g/mol. The molecule has 24 heavy (non-hydrogen) atoms. The highest BCUT2D eigenvalue weighted by Gasteiger charge is 2.64. The van der Waals surface area contributed by atoms with Gasteiger partial charge in [-0.15, -0.1) is 0 Å². The Bertz CT molecular complexity index is 586. The Hall–Kier alpha value is -2.08. The van der Waals surface area contributed by atoms with Gasteiger partial charge in [0, 0.05) is 0 Å². The summed E-state index contributed by atoms with van der Waals surface area (Å²) < 4.78 is 10.2. The molecule has 1 aromatic rings. The number of rotatable bonds is 5. The van der Waals surface area contributed by atoms with Gasteiger partial charge in [0.1, 0.15) is 12.1 Å². The van der Waals surface area contributed by atoms with Gasteiger partial charge in [-0.3, -0.25) is 0 Å². The number of carbonyl (C=O) groups is 2. The Morgan fingerprint density at radius 3 is 2.62 bits per heavy atom. The van der Waals surface area contributed by atoms with Gasteiger partial charge in [0.05, 0.1) is 7.11 Å². The van der Waals surface area contributed by atoms with Crippen LogP contribution in [0.5, 0.6) is 0 Å². The van der Waals surface area contributed by atoms with Crippen molar-refractivity contribution in [2.75, 3.05) is 20.2 Å². The van der Waals surface area contributed by atoms with Crippen molar-refractivity contribution in [3.05, 3.63) is 35.9 Å². The molecule has 1 aliphatic carbocycles. The van der Waals surface area contributed by atoms with Crippen molar-refractivity contribution in [2.24, 2.45) is 11.8 Å². The average Bonchev–Trinajstić information content (AvgIpc) is 3.36. The fraction of sp³-hybridized carbons (Fsp3) is 0.556. The molecule has 1 aliphatic heterocycles. The van der Waals surface area contributed by atoms with E-state index >= 15 is 0 Å². The third kappa shape index (κ3) is 3.53. The van der Waals surface area contributed by atoms with Crippen LogP contribution in [0.1, 0.15) is 24.8 Å². The molecule has 1 unspecified atom stereocenters. The average molecular weight is 332 g/mol. The first-order chi connectivity index (χ1) is 11.7. The Morgan fingerprint density at radius 1 is 1.25 bits per heavy atom. The molecule has 2 atom stereocenters. The van der Waals surface area contributed by atoms with Crippen molar-refractivity contribution in [1.82, 2.24) is 10.6 Å². The van der Waals surface area contributed by atoms with E-state index in [2.05, 4.69) is 10.6 Å². The quantitative estimate of drug-likeness (QED) is 0.805. The number of alkyl carbamates (subject to hydrolysis) is 1. The predicted molar refractivity (Wildman–Crippen MR) is 88.2 cm³/mol. The molecule has 1 amide bonds. The van der Waals surface area contributed by atoms with Crippen molar-refractivity contribution in [2.45, 2.75) is 31.4 Å². The van der Waals surface area contributed by atoms with Crippen LogP contribution in [0.3, 0.4) is 0 Å². The summed E-state index contributed by atoms with van der Waals surface area (Å²) in [5.41, 5.74) is -0.00433. The van der Waals surface area contributed by atoms with Crippen LogP contribution in [-0.4, -0.2) is 37.8 Å². The number of ether oxygens (including phenoxy) is 2. The number of benzene rings is 1. The maximum absolute atomic E-state index is 12.3. The minimum absolute atomic E-state index is 0.135. The van der Waals surface area contributed by atoms with E-state index in [1.54, 1.807) is 0 Å². The summed E-state index contributed by atoms with van der Waals surface area (Å²) in [4.78, 5) is 24.4. The highest BCUT2D eigenvalue weighted by molar-refractivity contribution is 5.89. The first-order valence-electron chi connectivity index (χ1n) is 8.44. The molecule has 3 rings (SSSR count). The zero-order chi connectivity index (χ0) is 17.0. The van der Waals surface area contributed by atoms with Crippen LogP contribution in [0.25, 0.3) is 0 Å². The Labute approximate surface area is 141 Å². The summed E-state index contributed by atoms with van der Waals surface area (Å²) in [5, 5.41) is 6.10. The molecule has 6 heteroatoms. The van der Waals surface area contributed by atoms with Gasteiger partial charge in [-0.25, -0.2) is 9.59 Å². The topological polar surface area (TPSA) is 76.7 Å². The van der Waals surface area contributed by atoms with Gasteiger partial charge in [0.2, 0.25) is 0 Å². The smallest absolute Gasteiger partial charge is 0.408 e. The maximum atomic E-state index is 12.3. The molecule has 2 aliphatic rings. The van der Waals surface area contributed by atoms with Crippen LogP contribution in [0.4, 0.5) is 4.79 Å². The van der Waals surface area contributed by atoms with E-state index in [0.717, 1.165) is 31.5 Å². The zero-order valence-corrected chi connectivity index (χ0v) is 13.9. The highest BCUT2D eigenvalue weighted by atomic mass is 16.6. The molecule has 6 nitrogen and oxygen atoms in total. The first-order valence-corrected chi connectivity index (χ1v) is 8.44. The lowest BCUT2D eigenvalue weighted by Gasteiger charge is -2.25. The van der Waals surface area contributed by atoms with E-state index in [9.17, 15) is 9.59 Å². The third-order valence-corrected chi connectivity index (χ3v) is 5.06. The largest absolute Gasteiger partial charge is 0.467 e. The van der Waals surface area contributed by atoms with Crippen LogP contribution < -0.4 is 10.6 Å². The van der Waals surface area contributed by atoms with Crippen molar-refractivity contribution in [3.63, 3.8) is 0 Å². The van der Waals surface area contributed by atoms with Crippen molar-refractivity contribution in [3.8, 4) is 0 Å². The SMILES string of the molecule is COC(=O)C1(NC(=O)OCc2ccccc2)C[C@H]1C1CCNCC1. The Morgan fingerprint density at radius 2 is 1.96 bits per heavy atom. The predicted octanol–water partition coefficient (Wildman–Crippen LogP) is 1.84. The van der Waals surface area contributed by atoms with E-state index in [-0.39, 0.29) is 18.5 Å². The minimum atomic E-state index is -0.912. The second-order valence-corrected chi connectivity index (χ2v) is 6.55. The Kier molecular flexibility index (Phi) is 5.04. The summed E-state index contributed by atoms with van der Waals surface area (Å²) in [5.74, 6) is 0.193. The van der Waals surface area contributed by atoms with E-state index < -0.39 is 11.6 Å². The lowest BCUT2D eigenvalue weighted by molar-refractivity contribution is -0.145. The standard InChI is InChI=1S/C18H24N2O4/c1-23-16(21)18(11-15(18)14-7-9-19-10-8-14)20-17(22)24-12-13-5-3-2-4-6-13/h2-6,14-15,19H,7-12H2,1H3,(H,20,22)/t15-,18?/m0/s1. The normalized spacial score (nSPS) is 26.5. The van der Waals surface area contributed by atoms with Crippen molar-refractivity contribution < 1.29 is 19.1 Å². The molecular formula is C18H24N2O4. The summed E-state index contributed by atoms with van der Waals surface area (Å²) in [6, 6.07) is 9.46. The molecule has 1 saturated carbocycles. The van der Waals surface area contributed by atoms with E-state index in [1.165, 1.54) is 7.11 Å². The molecule has 1 heterocycles. The number of nitrogens with one attached hydrogen (secondary N) is 2. The summed E-state index contributed by atoms with van der Waals surface area (Å²) in [6.45, 7) is 2.09. The number of hydrogen-bond donors (Lipinski definition) is 2. The number of hydrogen-bond acceptors (Lipinski definition) is 5. The molecule has 1 saturated heterocycles. The Balaban J connectivity index is 1.59. The number of amides is 1. The van der Waals surface area contributed by atoms with Gasteiger partial charge in [0.25, 0.3) is 0 Å². The maximum Gasteiger partial charge on any atom is 0.408 e. The van der Waals surface area contributed by atoms with Crippen LogP contribution in [0.2, 0.25) is 0 Å². The zero-order valence-electron chi connectivity index (χ0n) is 13.9. The molecule has 2 fully saturated rings.